The molecule has 2 heterocycles. The molecule has 0 aliphatic rings. The number of aryl methyl sites for hydroxylation is 1. The van der Waals surface area contributed by atoms with E-state index in [1.54, 1.807) is 17.1 Å². The molecule has 74 valence electrons. The Morgan fingerprint density at radius 2 is 2.40 bits per heavy atom. The third-order valence-electron chi connectivity index (χ3n) is 1.79. The zero-order chi connectivity index (χ0) is 10.7. The van der Waals surface area contributed by atoms with Crippen molar-refractivity contribution in [2.24, 2.45) is 7.05 Å². The van der Waals surface area contributed by atoms with Gasteiger partial charge in [-0.05, 0) is 12.1 Å². The fraction of sp³-hybridized carbons (Fsp3) is 0.100. The Labute approximate surface area is 91.6 Å². The molecular formula is C10H8N4S. The first-order valence-corrected chi connectivity index (χ1v) is 5.13. The van der Waals surface area contributed by atoms with E-state index in [2.05, 4.69) is 16.2 Å². The van der Waals surface area contributed by atoms with E-state index in [1.807, 2.05) is 25.4 Å². The summed E-state index contributed by atoms with van der Waals surface area (Å²) in [5.74, 6) is 0. The van der Waals surface area contributed by atoms with Crippen molar-refractivity contribution in [3.63, 3.8) is 0 Å². The van der Waals surface area contributed by atoms with Crippen LogP contribution >= 0.6 is 11.8 Å². The highest BCUT2D eigenvalue weighted by Gasteiger charge is 2.05. The smallest absolute Gasteiger partial charge is 0.154 e. The van der Waals surface area contributed by atoms with E-state index in [9.17, 15) is 0 Å². The van der Waals surface area contributed by atoms with E-state index in [-0.39, 0.29) is 0 Å². The summed E-state index contributed by atoms with van der Waals surface area (Å²) in [5.41, 5.74) is 0.450. The Bertz CT molecular complexity index is 512. The molecule has 4 nitrogen and oxygen atoms in total. The van der Waals surface area contributed by atoms with Gasteiger partial charge in [0, 0.05) is 24.3 Å². The number of rotatable bonds is 2. The largest absolute Gasteiger partial charge is 0.275 e. The van der Waals surface area contributed by atoms with Crippen molar-refractivity contribution in [1.29, 1.82) is 5.26 Å². The van der Waals surface area contributed by atoms with Crippen molar-refractivity contribution in [1.82, 2.24) is 14.8 Å². The van der Waals surface area contributed by atoms with Crippen molar-refractivity contribution in [3.8, 4) is 6.07 Å². The highest BCUT2D eigenvalue weighted by molar-refractivity contribution is 7.99. The van der Waals surface area contributed by atoms with E-state index in [4.69, 9.17) is 5.26 Å². The van der Waals surface area contributed by atoms with Gasteiger partial charge in [0.15, 0.2) is 5.69 Å². The van der Waals surface area contributed by atoms with Crippen LogP contribution in [0.2, 0.25) is 0 Å². The van der Waals surface area contributed by atoms with Gasteiger partial charge in [-0.15, -0.1) is 0 Å². The predicted molar refractivity (Wildman–Crippen MR) is 56.3 cm³/mol. The topological polar surface area (TPSA) is 54.5 Å². The molecule has 0 fully saturated rings. The van der Waals surface area contributed by atoms with Gasteiger partial charge in [0.2, 0.25) is 0 Å². The van der Waals surface area contributed by atoms with Gasteiger partial charge in [-0.25, -0.2) is 4.98 Å². The molecule has 0 aliphatic heterocycles. The number of pyridine rings is 1. The van der Waals surface area contributed by atoms with Crippen LogP contribution in [-0.4, -0.2) is 14.8 Å². The van der Waals surface area contributed by atoms with Gasteiger partial charge in [-0.3, -0.25) is 4.68 Å². The molecule has 2 aromatic rings. The molecule has 0 atom stereocenters. The van der Waals surface area contributed by atoms with Crippen LogP contribution < -0.4 is 0 Å². The van der Waals surface area contributed by atoms with Crippen LogP contribution in [0.1, 0.15) is 5.69 Å². The maximum Gasteiger partial charge on any atom is 0.154 e. The molecule has 0 amide bonds. The summed E-state index contributed by atoms with van der Waals surface area (Å²) in [7, 11) is 1.86. The maximum absolute atomic E-state index is 8.85. The average Bonchev–Trinajstić information content (AvgIpc) is 2.65. The number of hydrogen-bond donors (Lipinski definition) is 0. The SMILES string of the molecule is Cn1cc(Sc2cccnc2C#N)cn1. The Morgan fingerprint density at radius 1 is 1.53 bits per heavy atom. The third-order valence-corrected chi connectivity index (χ3v) is 2.78. The standard InChI is InChI=1S/C10H8N4S/c1-14-7-8(6-13-14)15-10-3-2-4-12-9(10)5-11/h2-4,6-7H,1H3. The number of hydrogen-bond acceptors (Lipinski definition) is 4. The summed E-state index contributed by atoms with van der Waals surface area (Å²) in [6.45, 7) is 0. The minimum absolute atomic E-state index is 0.450. The molecule has 2 aromatic heterocycles. The molecule has 2 rings (SSSR count). The fourth-order valence-corrected chi connectivity index (χ4v) is 2.04. The first-order chi connectivity index (χ1) is 7.29. The number of nitriles is 1. The second kappa shape index (κ2) is 4.15. The van der Waals surface area contributed by atoms with Crippen molar-refractivity contribution >= 4 is 11.8 Å². The van der Waals surface area contributed by atoms with Crippen molar-refractivity contribution < 1.29 is 0 Å². The quantitative estimate of drug-likeness (QED) is 0.768. The molecule has 0 saturated carbocycles. The lowest BCUT2D eigenvalue weighted by Gasteiger charge is -1.98. The normalized spacial score (nSPS) is 9.87. The Morgan fingerprint density at radius 3 is 3.07 bits per heavy atom. The first kappa shape index (κ1) is 9.74. The minimum Gasteiger partial charge on any atom is -0.275 e. The van der Waals surface area contributed by atoms with Gasteiger partial charge in [-0.1, -0.05) is 11.8 Å². The Balaban J connectivity index is 2.28. The van der Waals surface area contributed by atoms with E-state index in [0.29, 0.717) is 5.69 Å². The van der Waals surface area contributed by atoms with Crippen LogP contribution in [0.4, 0.5) is 0 Å². The molecule has 5 heteroatoms. The lowest BCUT2D eigenvalue weighted by Crippen LogP contribution is -1.85. The van der Waals surface area contributed by atoms with E-state index in [0.717, 1.165) is 9.79 Å². The van der Waals surface area contributed by atoms with E-state index < -0.39 is 0 Å². The second-order valence-corrected chi connectivity index (χ2v) is 4.03. The van der Waals surface area contributed by atoms with Gasteiger partial charge in [0.1, 0.15) is 6.07 Å². The monoisotopic (exact) mass is 216 g/mol. The van der Waals surface area contributed by atoms with Crippen molar-refractivity contribution in [2.75, 3.05) is 0 Å². The molecule has 0 bridgehead atoms. The van der Waals surface area contributed by atoms with E-state index >= 15 is 0 Å². The van der Waals surface area contributed by atoms with Crippen LogP contribution in [0, 0.1) is 11.3 Å². The zero-order valence-corrected chi connectivity index (χ0v) is 8.90. The molecule has 0 saturated heterocycles. The summed E-state index contributed by atoms with van der Waals surface area (Å²) >= 11 is 1.49. The molecule has 0 spiro atoms. The van der Waals surface area contributed by atoms with Gasteiger partial charge >= 0.3 is 0 Å². The predicted octanol–water partition coefficient (Wildman–Crippen LogP) is 1.84. The molecule has 0 aliphatic carbocycles. The summed E-state index contributed by atoms with van der Waals surface area (Å²) in [6, 6.07) is 5.76. The maximum atomic E-state index is 8.85. The summed E-state index contributed by atoms with van der Waals surface area (Å²) in [5, 5.41) is 12.9. The number of nitrogens with zero attached hydrogens (tertiary/aromatic N) is 4. The van der Waals surface area contributed by atoms with Crippen LogP contribution in [0.3, 0.4) is 0 Å². The molecule has 0 radical (unpaired) electrons. The molecule has 0 aromatic carbocycles. The third kappa shape index (κ3) is 2.17. The van der Waals surface area contributed by atoms with Gasteiger partial charge in [0.05, 0.1) is 11.1 Å². The van der Waals surface area contributed by atoms with Gasteiger partial charge < -0.3 is 0 Å². The van der Waals surface area contributed by atoms with Gasteiger partial charge in [-0.2, -0.15) is 10.4 Å². The summed E-state index contributed by atoms with van der Waals surface area (Å²) < 4.78 is 1.73. The van der Waals surface area contributed by atoms with Crippen LogP contribution in [0.15, 0.2) is 40.5 Å². The van der Waals surface area contributed by atoms with Crippen LogP contribution in [0.5, 0.6) is 0 Å². The second-order valence-electron chi connectivity index (χ2n) is 2.91. The van der Waals surface area contributed by atoms with Crippen molar-refractivity contribution in [3.05, 3.63) is 36.4 Å². The Hall–Kier alpha value is -1.80. The molecule has 0 N–H and O–H groups in total. The highest BCUT2D eigenvalue weighted by Crippen LogP contribution is 2.28. The fourth-order valence-electron chi connectivity index (χ4n) is 1.14. The first-order valence-electron chi connectivity index (χ1n) is 4.31. The highest BCUT2D eigenvalue weighted by atomic mass is 32.2. The average molecular weight is 216 g/mol. The van der Waals surface area contributed by atoms with Gasteiger partial charge in [0.25, 0.3) is 0 Å². The lowest BCUT2D eigenvalue weighted by molar-refractivity contribution is 0.766. The van der Waals surface area contributed by atoms with Crippen LogP contribution in [0.25, 0.3) is 0 Å². The summed E-state index contributed by atoms with van der Waals surface area (Å²) in [6.07, 6.45) is 5.28. The minimum atomic E-state index is 0.450. The molecular weight excluding hydrogens is 208 g/mol. The Kier molecular flexibility index (Phi) is 2.70. The van der Waals surface area contributed by atoms with E-state index in [1.165, 1.54) is 11.8 Å². The van der Waals surface area contributed by atoms with Crippen molar-refractivity contribution in [2.45, 2.75) is 9.79 Å². The zero-order valence-electron chi connectivity index (χ0n) is 8.08. The molecule has 0 unspecified atom stereocenters. The number of aromatic nitrogens is 3. The summed E-state index contributed by atoms with van der Waals surface area (Å²) in [4.78, 5) is 5.85. The lowest BCUT2D eigenvalue weighted by atomic mass is 10.4. The van der Waals surface area contributed by atoms with Crippen LogP contribution in [-0.2, 0) is 7.05 Å². The molecule has 15 heavy (non-hydrogen) atoms.